The summed E-state index contributed by atoms with van der Waals surface area (Å²) in [7, 11) is 0. The molecule has 0 amide bonds. The van der Waals surface area contributed by atoms with Crippen molar-refractivity contribution in [3.05, 3.63) is 86.2 Å². The van der Waals surface area contributed by atoms with E-state index in [-0.39, 0.29) is 16.2 Å². The van der Waals surface area contributed by atoms with Crippen molar-refractivity contribution in [2.24, 2.45) is 0 Å². The van der Waals surface area contributed by atoms with Crippen LogP contribution in [0.25, 0.3) is 5.69 Å². The van der Waals surface area contributed by atoms with Gasteiger partial charge in [-0.2, -0.15) is 0 Å². The molecule has 1 atom stereocenters. The number of rotatable bonds is 2. The maximum absolute atomic E-state index is 13.6. The van der Waals surface area contributed by atoms with Crippen molar-refractivity contribution < 1.29 is 9.50 Å². The Labute approximate surface area is 153 Å². The highest BCUT2D eigenvalue weighted by Crippen LogP contribution is 2.32. The highest BCUT2D eigenvalue weighted by molar-refractivity contribution is 7.71. The molecule has 0 unspecified atom stereocenters. The van der Waals surface area contributed by atoms with Crippen molar-refractivity contribution in [1.29, 1.82) is 0 Å². The number of hydrogen-bond acceptors (Lipinski definition) is 4. The lowest BCUT2D eigenvalue weighted by molar-refractivity contribution is 0.412. The minimum Gasteiger partial charge on any atom is -0.494 e. The standard InChI is InChI=1S/C19H16FN3O2S/c20-12-5-3-6-13(10-12)23-18(25)15(17(24)22-19(23)26)16-14-7-2-1-4-11(14)8-9-21-16/h1-7,10,16,21,25H,8-9H2,(H,22,24,26)/t16-/m0/s1. The van der Waals surface area contributed by atoms with Crippen LogP contribution in [0, 0.1) is 10.6 Å². The van der Waals surface area contributed by atoms with Gasteiger partial charge in [-0.3, -0.25) is 14.3 Å². The van der Waals surface area contributed by atoms with Crippen molar-refractivity contribution in [1.82, 2.24) is 14.9 Å². The van der Waals surface area contributed by atoms with E-state index in [0.717, 1.165) is 17.5 Å². The quantitative estimate of drug-likeness (QED) is 0.608. The molecule has 26 heavy (non-hydrogen) atoms. The molecule has 7 heteroatoms. The predicted octanol–water partition coefficient (Wildman–Crippen LogP) is 2.97. The summed E-state index contributed by atoms with van der Waals surface area (Å²) in [5.41, 5.74) is 2.09. The summed E-state index contributed by atoms with van der Waals surface area (Å²) < 4.78 is 14.9. The molecule has 132 valence electrons. The normalized spacial score (nSPS) is 16.3. The summed E-state index contributed by atoms with van der Waals surface area (Å²) >= 11 is 5.20. The molecule has 0 radical (unpaired) electrons. The maximum Gasteiger partial charge on any atom is 0.260 e. The molecule has 4 rings (SSSR count). The number of hydrogen-bond donors (Lipinski definition) is 3. The molecule has 0 aliphatic carbocycles. The van der Waals surface area contributed by atoms with E-state index in [9.17, 15) is 14.3 Å². The lowest BCUT2D eigenvalue weighted by atomic mass is 9.90. The minimum absolute atomic E-state index is 0.00550. The average Bonchev–Trinajstić information content (AvgIpc) is 2.61. The molecular formula is C19H16FN3O2S. The molecule has 0 bridgehead atoms. The van der Waals surface area contributed by atoms with E-state index < -0.39 is 17.4 Å². The van der Waals surface area contributed by atoms with Gasteiger partial charge in [-0.25, -0.2) is 4.39 Å². The molecule has 2 heterocycles. The molecule has 0 fully saturated rings. The Morgan fingerprint density at radius 1 is 1.19 bits per heavy atom. The smallest absolute Gasteiger partial charge is 0.260 e. The zero-order chi connectivity index (χ0) is 18.3. The number of benzene rings is 2. The third-order valence-electron chi connectivity index (χ3n) is 4.58. The summed E-state index contributed by atoms with van der Waals surface area (Å²) in [6.07, 6.45) is 0.842. The van der Waals surface area contributed by atoms with Crippen LogP contribution in [0.4, 0.5) is 4.39 Å². The summed E-state index contributed by atoms with van der Waals surface area (Å²) in [5, 5.41) is 14.2. The Kier molecular flexibility index (Phi) is 4.18. The number of aromatic nitrogens is 2. The van der Waals surface area contributed by atoms with E-state index in [1.807, 2.05) is 24.3 Å². The van der Waals surface area contributed by atoms with Gasteiger partial charge >= 0.3 is 0 Å². The number of H-pyrrole nitrogens is 1. The van der Waals surface area contributed by atoms with Crippen molar-refractivity contribution >= 4 is 12.2 Å². The zero-order valence-corrected chi connectivity index (χ0v) is 14.5. The molecule has 0 saturated carbocycles. The summed E-state index contributed by atoms with van der Waals surface area (Å²) in [6, 6.07) is 13.0. The van der Waals surface area contributed by atoms with Gasteiger partial charge in [-0.05, 0) is 48.0 Å². The Hall–Kier alpha value is -2.77. The molecule has 5 nitrogen and oxygen atoms in total. The molecule has 1 aromatic heterocycles. The summed E-state index contributed by atoms with van der Waals surface area (Å²) in [6.45, 7) is 0.677. The van der Waals surface area contributed by atoms with Crippen LogP contribution in [0.2, 0.25) is 0 Å². The molecule has 3 N–H and O–H groups in total. The van der Waals surface area contributed by atoms with Crippen LogP contribution < -0.4 is 10.9 Å². The molecule has 0 spiro atoms. The number of aromatic amines is 1. The Bertz CT molecular complexity index is 1110. The number of aromatic hydroxyl groups is 1. The highest BCUT2D eigenvalue weighted by atomic mass is 32.1. The van der Waals surface area contributed by atoms with Gasteiger partial charge in [0.05, 0.1) is 17.3 Å². The van der Waals surface area contributed by atoms with Crippen LogP contribution in [0.5, 0.6) is 5.88 Å². The maximum atomic E-state index is 13.6. The van der Waals surface area contributed by atoms with E-state index >= 15 is 0 Å². The van der Waals surface area contributed by atoms with E-state index in [1.165, 1.54) is 22.8 Å². The van der Waals surface area contributed by atoms with Crippen molar-refractivity contribution in [3.8, 4) is 11.6 Å². The fourth-order valence-electron chi connectivity index (χ4n) is 3.42. The van der Waals surface area contributed by atoms with E-state index in [4.69, 9.17) is 12.2 Å². The SMILES string of the molecule is O=c1[nH]c(=S)n(-c2cccc(F)c2)c(O)c1[C@H]1NCCc2ccccc21. The first-order chi connectivity index (χ1) is 12.6. The van der Waals surface area contributed by atoms with Gasteiger partial charge in [-0.15, -0.1) is 0 Å². The Balaban J connectivity index is 1.96. The van der Waals surface area contributed by atoms with E-state index in [0.29, 0.717) is 12.2 Å². The predicted molar refractivity (Wildman–Crippen MR) is 98.8 cm³/mol. The zero-order valence-electron chi connectivity index (χ0n) is 13.7. The Morgan fingerprint density at radius 3 is 2.81 bits per heavy atom. The lowest BCUT2D eigenvalue weighted by Gasteiger charge is -2.27. The molecule has 1 aliphatic heterocycles. The monoisotopic (exact) mass is 369 g/mol. The average molecular weight is 369 g/mol. The third kappa shape index (κ3) is 2.75. The van der Waals surface area contributed by atoms with Crippen LogP contribution in [-0.4, -0.2) is 21.2 Å². The van der Waals surface area contributed by atoms with Gasteiger partial charge in [0.15, 0.2) is 4.77 Å². The summed E-state index contributed by atoms with van der Waals surface area (Å²) in [4.78, 5) is 15.2. The number of fused-ring (bicyclic) bond motifs is 1. The van der Waals surface area contributed by atoms with Crippen molar-refractivity contribution in [3.63, 3.8) is 0 Å². The minimum atomic E-state index is -0.473. The second-order valence-electron chi connectivity index (χ2n) is 6.15. The first kappa shape index (κ1) is 16.7. The first-order valence-electron chi connectivity index (χ1n) is 8.21. The molecule has 1 aliphatic rings. The van der Waals surface area contributed by atoms with Crippen molar-refractivity contribution in [2.45, 2.75) is 12.5 Å². The third-order valence-corrected chi connectivity index (χ3v) is 4.87. The van der Waals surface area contributed by atoms with Crippen LogP contribution in [0.15, 0.2) is 53.3 Å². The number of halogens is 1. The van der Waals surface area contributed by atoms with Crippen LogP contribution in [-0.2, 0) is 6.42 Å². The largest absolute Gasteiger partial charge is 0.494 e. The topological polar surface area (TPSA) is 70.0 Å². The van der Waals surface area contributed by atoms with Gasteiger partial charge in [0.25, 0.3) is 5.56 Å². The molecule has 0 saturated heterocycles. The fourth-order valence-corrected chi connectivity index (χ4v) is 3.70. The van der Waals surface area contributed by atoms with E-state index in [1.54, 1.807) is 6.07 Å². The second-order valence-corrected chi connectivity index (χ2v) is 6.53. The second kappa shape index (κ2) is 6.51. The Morgan fingerprint density at radius 2 is 2.00 bits per heavy atom. The highest BCUT2D eigenvalue weighted by Gasteiger charge is 2.28. The molecule has 2 aromatic carbocycles. The van der Waals surface area contributed by atoms with Crippen molar-refractivity contribution in [2.75, 3.05) is 6.54 Å². The van der Waals surface area contributed by atoms with Gasteiger partial charge in [0, 0.05) is 6.54 Å². The van der Waals surface area contributed by atoms with E-state index in [2.05, 4.69) is 10.3 Å². The number of nitrogens with one attached hydrogen (secondary N) is 2. The van der Waals surface area contributed by atoms with Gasteiger partial charge in [0.1, 0.15) is 5.82 Å². The van der Waals surface area contributed by atoms with Gasteiger partial charge in [-0.1, -0.05) is 30.3 Å². The van der Waals surface area contributed by atoms with Crippen LogP contribution >= 0.6 is 12.2 Å². The van der Waals surface area contributed by atoms with Gasteiger partial charge in [0.2, 0.25) is 5.88 Å². The first-order valence-corrected chi connectivity index (χ1v) is 8.62. The lowest BCUT2D eigenvalue weighted by Crippen LogP contribution is -2.35. The number of nitrogens with zero attached hydrogens (tertiary/aromatic N) is 1. The van der Waals surface area contributed by atoms with Crippen LogP contribution in [0.1, 0.15) is 22.7 Å². The molecule has 3 aromatic rings. The molecular weight excluding hydrogens is 353 g/mol. The van der Waals surface area contributed by atoms with Gasteiger partial charge < -0.3 is 10.4 Å². The van der Waals surface area contributed by atoms with Crippen LogP contribution in [0.3, 0.4) is 0 Å². The summed E-state index contributed by atoms with van der Waals surface area (Å²) in [5.74, 6) is -0.753. The fraction of sp³-hybridized carbons (Fsp3) is 0.158.